The zero-order valence-electron chi connectivity index (χ0n) is 19.8. The summed E-state index contributed by atoms with van der Waals surface area (Å²) in [7, 11) is 0. The number of nitrogens with zero attached hydrogens (tertiary/aromatic N) is 3. The third kappa shape index (κ3) is 3.87. The molecule has 34 heavy (non-hydrogen) atoms. The predicted molar refractivity (Wildman–Crippen MR) is 135 cm³/mol. The summed E-state index contributed by atoms with van der Waals surface area (Å²) >= 11 is 0. The van der Waals surface area contributed by atoms with Gasteiger partial charge in [-0.25, -0.2) is 0 Å². The Morgan fingerprint density at radius 2 is 1.97 bits per heavy atom. The number of benzene rings is 1. The van der Waals surface area contributed by atoms with Crippen LogP contribution in [0.5, 0.6) is 0 Å². The molecule has 2 aromatic heterocycles. The third-order valence-corrected chi connectivity index (χ3v) is 7.70. The SMILES string of the molecule is Cc1ccc2c(-c3cc4c(n(CC5CC5)c3=O)CCN(C(=O)C3CC=CCC3)C4)cccc2n1. The van der Waals surface area contributed by atoms with Gasteiger partial charge in [-0.3, -0.25) is 14.6 Å². The molecule has 5 nitrogen and oxygen atoms in total. The lowest BCUT2D eigenvalue weighted by atomic mass is 9.91. The minimum absolute atomic E-state index is 0.0933. The molecule has 174 valence electrons. The second kappa shape index (κ2) is 8.53. The summed E-state index contributed by atoms with van der Waals surface area (Å²) in [6.07, 6.45) is 10.2. The summed E-state index contributed by atoms with van der Waals surface area (Å²) in [5.41, 5.74) is 5.88. The lowest BCUT2D eigenvalue weighted by molar-refractivity contribution is -0.136. The van der Waals surface area contributed by atoms with Gasteiger partial charge in [0.05, 0.1) is 5.52 Å². The Balaban J connectivity index is 1.44. The van der Waals surface area contributed by atoms with Crippen LogP contribution in [0.4, 0.5) is 0 Å². The highest BCUT2D eigenvalue weighted by molar-refractivity contribution is 5.94. The number of hydrogen-bond donors (Lipinski definition) is 0. The standard InChI is InChI=1S/C29H31N3O2/c1-19-10-13-24-23(8-5-9-26(24)30-19)25-16-22-18-31(28(33)21-6-3-2-4-7-21)15-14-27(22)32(29(25)34)17-20-11-12-20/h2-3,5,8-10,13,16,20-21H,4,6-7,11-12,14-15,17-18H2,1H3. The highest BCUT2D eigenvalue weighted by Gasteiger charge is 2.31. The molecule has 0 N–H and O–H groups in total. The first-order valence-electron chi connectivity index (χ1n) is 12.6. The van der Waals surface area contributed by atoms with E-state index in [0.29, 0.717) is 19.0 Å². The number of amides is 1. The van der Waals surface area contributed by atoms with Gasteiger partial charge in [0.2, 0.25) is 5.91 Å². The van der Waals surface area contributed by atoms with Crippen molar-refractivity contribution in [1.29, 1.82) is 0 Å². The maximum absolute atomic E-state index is 13.8. The van der Waals surface area contributed by atoms with Gasteiger partial charge >= 0.3 is 0 Å². The van der Waals surface area contributed by atoms with E-state index < -0.39 is 0 Å². The minimum Gasteiger partial charge on any atom is -0.338 e. The fourth-order valence-electron chi connectivity index (χ4n) is 5.62. The van der Waals surface area contributed by atoms with Gasteiger partial charge in [0.1, 0.15) is 0 Å². The summed E-state index contributed by atoms with van der Waals surface area (Å²) in [5, 5.41) is 1.00. The van der Waals surface area contributed by atoms with E-state index in [4.69, 9.17) is 0 Å². The van der Waals surface area contributed by atoms with Crippen molar-refractivity contribution in [2.24, 2.45) is 11.8 Å². The highest BCUT2D eigenvalue weighted by Crippen LogP contribution is 2.34. The average molecular weight is 454 g/mol. The first-order chi connectivity index (χ1) is 16.6. The number of rotatable bonds is 4. The number of aryl methyl sites for hydroxylation is 1. The van der Waals surface area contributed by atoms with E-state index in [1.165, 1.54) is 12.8 Å². The fraction of sp³-hybridized carbons (Fsp3) is 0.414. The van der Waals surface area contributed by atoms with Crippen molar-refractivity contribution in [3.8, 4) is 11.1 Å². The van der Waals surface area contributed by atoms with Crippen molar-refractivity contribution in [3.63, 3.8) is 0 Å². The second-order valence-corrected chi connectivity index (χ2v) is 10.2. The monoisotopic (exact) mass is 453 g/mol. The lowest BCUT2D eigenvalue weighted by Gasteiger charge is -2.34. The van der Waals surface area contributed by atoms with Gasteiger partial charge in [-0.1, -0.05) is 30.4 Å². The van der Waals surface area contributed by atoms with E-state index in [1.807, 2.05) is 40.7 Å². The van der Waals surface area contributed by atoms with Crippen LogP contribution in [0.25, 0.3) is 22.0 Å². The van der Waals surface area contributed by atoms with Crippen LogP contribution in [0, 0.1) is 18.8 Å². The molecular formula is C29H31N3O2. The van der Waals surface area contributed by atoms with Crippen LogP contribution in [-0.4, -0.2) is 26.9 Å². The smallest absolute Gasteiger partial charge is 0.258 e. The molecule has 1 amide bonds. The van der Waals surface area contributed by atoms with Crippen molar-refractivity contribution >= 4 is 16.8 Å². The van der Waals surface area contributed by atoms with Gasteiger partial charge in [-0.05, 0) is 74.3 Å². The maximum Gasteiger partial charge on any atom is 0.258 e. The molecular weight excluding hydrogens is 422 g/mol. The minimum atomic E-state index is 0.0933. The van der Waals surface area contributed by atoms with Crippen LogP contribution in [0.1, 0.15) is 49.1 Å². The Bertz CT molecular complexity index is 1370. The van der Waals surface area contributed by atoms with Crippen LogP contribution in [-0.2, 0) is 24.3 Å². The van der Waals surface area contributed by atoms with E-state index in [-0.39, 0.29) is 17.4 Å². The summed E-state index contributed by atoms with van der Waals surface area (Å²) in [4.78, 5) is 33.8. The van der Waals surface area contributed by atoms with Crippen LogP contribution < -0.4 is 5.56 Å². The Kier molecular flexibility index (Phi) is 5.35. The van der Waals surface area contributed by atoms with Crippen molar-refractivity contribution < 1.29 is 4.79 Å². The largest absolute Gasteiger partial charge is 0.338 e. The van der Waals surface area contributed by atoms with Crippen LogP contribution in [0.15, 0.2) is 53.3 Å². The Labute approximate surface area is 200 Å². The summed E-state index contributed by atoms with van der Waals surface area (Å²) in [6.45, 7) is 4.07. The van der Waals surface area contributed by atoms with Crippen LogP contribution >= 0.6 is 0 Å². The molecule has 1 aromatic carbocycles. The number of carbonyl (C=O) groups is 1. The van der Waals surface area contributed by atoms with Gasteiger partial charge in [0.15, 0.2) is 0 Å². The third-order valence-electron chi connectivity index (χ3n) is 7.70. The molecule has 3 aliphatic rings. The van der Waals surface area contributed by atoms with Crippen molar-refractivity contribution in [2.75, 3.05) is 6.54 Å². The van der Waals surface area contributed by atoms with Crippen molar-refractivity contribution in [2.45, 2.75) is 58.5 Å². The van der Waals surface area contributed by atoms with Crippen LogP contribution in [0.3, 0.4) is 0 Å². The molecule has 0 radical (unpaired) electrons. The van der Waals surface area contributed by atoms with Crippen LogP contribution in [0.2, 0.25) is 0 Å². The maximum atomic E-state index is 13.8. The zero-order valence-corrected chi connectivity index (χ0v) is 19.8. The normalized spacial score (nSPS) is 19.9. The molecule has 1 atom stereocenters. The molecule has 1 fully saturated rings. The zero-order chi connectivity index (χ0) is 23.2. The van der Waals surface area contributed by atoms with E-state index in [2.05, 4.69) is 29.3 Å². The van der Waals surface area contributed by atoms with Gasteiger partial charge in [0.25, 0.3) is 5.56 Å². The predicted octanol–water partition coefficient (Wildman–Crippen LogP) is 5.02. The fourth-order valence-corrected chi connectivity index (χ4v) is 5.62. The molecule has 0 spiro atoms. The highest BCUT2D eigenvalue weighted by atomic mass is 16.2. The van der Waals surface area contributed by atoms with Gasteiger partial charge in [0, 0.05) is 54.3 Å². The molecule has 3 aromatic rings. The molecule has 6 rings (SSSR count). The van der Waals surface area contributed by atoms with E-state index in [0.717, 1.165) is 71.2 Å². The number of fused-ring (bicyclic) bond motifs is 2. The first kappa shape index (κ1) is 21.3. The Morgan fingerprint density at radius 3 is 2.76 bits per heavy atom. The summed E-state index contributed by atoms with van der Waals surface area (Å²) in [5.74, 6) is 0.958. The van der Waals surface area contributed by atoms with Gasteiger partial charge in [-0.2, -0.15) is 0 Å². The van der Waals surface area contributed by atoms with Gasteiger partial charge < -0.3 is 9.47 Å². The van der Waals surface area contributed by atoms with Crippen molar-refractivity contribution in [1.82, 2.24) is 14.5 Å². The molecule has 3 heterocycles. The Morgan fingerprint density at radius 1 is 1.09 bits per heavy atom. The number of carbonyl (C=O) groups excluding carboxylic acids is 1. The topological polar surface area (TPSA) is 55.2 Å². The number of aromatic nitrogens is 2. The molecule has 1 unspecified atom stereocenters. The molecule has 0 saturated heterocycles. The number of hydrogen-bond acceptors (Lipinski definition) is 3. The summed E-state index contributed by atoms with van der Waals surface area (Å²) < 4.78 is 2.04. The van der Waals surface area contributed by atoms with E-state index in [1.54, 1.807) is 0 Å². The van der Waals surface area contributed by atoms with Gasteiger partial charge in [-0.15, -0.1) is 0 Å². The number of pyridine rings is 2. The average Bonchev–Trinajstić information content (AvgIpc) is 3.69. The van der Waals surface area contributed by atoms with E-state index in [9.17, 15) is 9.59 Å². The molecule has 0 bridgehead atoms. The Hall–Kier alpha value is -3.21. The molecule has 2 aliphatic carbocycles. The lowest BCUT2D eigenvalue weighted by Crippen LogP contribution is -2.42. The first-order valence-corrected chi connectivity index (χ1v) is 12.6. The molecule has 5 heteroatoms. The molecule has 1 aliphatic heterocycles. The number of allylic oxidation sites excluding steroid dienone is 2. The summed E-state index contributed by atoms with van der Waals surface area (Å²) in [6, 6.07) is 12.2. The van der Waals surface area contributed by atoms with E-state index >= 15 is 0 Å². The molecule has 1 saturated carbocycles. The second-order valence-electron chi connectivity index (χ2n) is 10.2. The van der Waals surface area contributed by atoms with Crippen molar-refractivity contribution in [3.05, 3.63) is 75.9 Å². The quantitative estimate of drug-likeness (QED) is 0.521.